The third-order valence-corrected chi connectivity index (χ3v) is 4.62. The summed E-state index contributed by atoms with van der Waals surface area (Å²) < 4.78 is 0. The molecule has 1 unspecified atom stereocenters. The maximum Gasteiger partial charge on any atom is 0.247 e. The number of hydrogen-bond donors (Lipinski definition) is 1. The van der Waals surface area contributed by atoms with Gasteiger partial charge >= 0.3 is 0 Å². The fourth-order valence-electron chi connectivity index (χ4n) is 3.37. The number of nitrogens with zero attached hydrogens (tertiary/aromatic N) is 4. The van der Waals surface area contributed by atoms with Gasteiger partial charge in [-0.05, 0) is 50.9 Å². The fraction of sp³-hybridized carbons (Fsp3) is 0.706. The standard InChI is InChI=1S/C17H27N5/c1-14-6-5-11-22(13-14)17-20-16(12-19-21-17)18-10-9-15-7-3-2-4-8-15/h7,12,14H,2-6,8-11,13H2,1H3,(H,18,20,21). The van der Waals surface area contributed by atoms with Gasteiger partial charge in [0, 0.05) is 19.6 Å². The van der Waals surface area contributed by atoms with Gasteiger partial charge in [0.05, 0.1) is 6.20 Å². The van der Waals surface area contributed by atoms with Gasteiger partial charge < -0.3 is 10.2 Å². The van der Waals surface area contributed by atoms with Crippen molar-refractivity contribution in [1.29, 1.82) is 0 Å². The molecule has 5 nitrogen and oxygen atoms in total. The summed E-state index contributed by atoms with van der Waals surface area (Å²) in [5, 5.41) is 11.7. The highest BCUT2D eigenvalue weighted by atomic mass is 15.3. The molecule has 0 bridgehead atoms. The van der Waals surface area contributed by atoms with Crippen molar-refractivity contribution in [3.05, 3.63) is 17.8 Å². The highest BCUT2D eigenvalue weighted by molar-refractivity contribution is 5.39. The average Bonchev–Trinajstić information content (AvgIpc) is 2.56. The Balaban J connectivity index is 1.53. The molecule has 2 heterocycles. The molecule has 1 N–H and O–H groups in total. The highest BCUT2D eigenvalue weighted by Crippen LogP contribution is 2.21. The molecule has 120 valence electrons. The topological polar surface area (TPSA) is 53.9 Å². The first-order chi connectivity index (χ1) is 10.8. The second-order valence-corrected chi connectivity index (χ2v) is 6.62. The Hall–Kier alpha value is -1.65. The van der Waals surface area contributed by atoms with E-state index in [1.54, 1.807) is 11.8 Å². The van der Waals surface area contributed by atoms with Gasteiger partial charge in [-0.2, -0.15) is 10.1 Å². The molecule has 1 fully saturated rings. The molecule has 1 aromatic rings. The predicted molar refractivity (Wildman–Crippen MR) is 90.1 cm³/mol. The van der Waals surface area contributed by atoms with Crippen LogP contribution in [0.1, 0.15) is 51.9 Å². The van der Waals surface area contributed by atoms with Gasteiger partial charge in [0.25, 0.3) is 0 Å². The van der Waals surface area contributed by atoms with Gasteiger partial charge in [-0.3, -0.25) is 0 Å². The molecule has 1 aromatic heterocycles. The van der Waals surface area contributed by atoms with E-state index in [2.05, 4.69) is 38.4 Å². The smallest absolute Gasteiger partial charge is 0.247 e. The van der Waals surface area contributed by atoms with E-state index in [1.807, 2.05) is 0 Å². The third kappa shape index (κ3) is 4.18. The van der Waals surface area contributed by atoms with E-state index >= 15 is 0 Å². The Morgan fingerprint density at radius 2 is 2.27 bits per heavy atom. The van der Waals surface area contributed by atoms with Gasteiger partial charge in [-0.25, -0.2) is 0 Å². The number of nitrogens with one attached hydrogen (secondary N) is 1. The molecule has 1 saturated heterocycles. The Morgan fingerprint density at radius 3 is 3.09 bits per heavy atom. The van der Waals surface area contributed by atoms with E-state index < -0.39 is 0 Å². The molecule has 22 heavy (non-hydrogen) atoms. The van der Waals surface area contributed by atoms with E-state index in [1.165, 1.54) is 38.5 Å². The SMILES string of the molecule is CC1CCCN(c2nncc(NCCC3=CCCCC3)n2)C1. The molecule has 3 rings (SSSR count). The normalized spacial score (nSPS) is 22.3. The minimum Gasteiger partial charge on any atom is -0.368 e. The van der Waals surface area contributed by atoms with Crippen LogP contribution in [0.2, 0.25) is 0 Å². The second kappa shape index (κ2) is 7.56. The zero-order chi connectivity index (χ0) is 15.2. The van der Waals surface area contributed by atoms with Crippen LogP contribution in [-0.2, 0) is 0 Å². The lowest BCUT2D eigenvalue weighted by Crippen LogP contribution is -2.35. The average molecular weight is 301 g/mol. The summed E-state index contributed by atoms with van der Waals surface area (Å²) in [4.78, 5) is 6.90. The van der Waals surface area contributed by atoms with Crippen molar-refractivity contribution < 1.29 is 0 Å². The lowest BCUT2D eigenvalue weighted by Gasteiger charge is -2.30. The van der Waals surface area contributed by atoms with Gasteiger partial charge in [0.1, 0.15) is 0 Å². The summed E-state index contributed by atoms with van der Waals surface area (Å²) in [5.74, 6) is 2.33. The lowest BCUT2D eigenvalue weighted by molar-refractivity contribution is 0.441. The van der Waals surface area contributed by atoms with Crippen LogP contribution in [0, 0.1) is 5.92 Å². The first-order valence-electron chi connectivity index (χ1n) is 8.68. The molecule has 1 aliphatic heterocycles. The van der Waals surface area contributed by atoms with Crippen LogP contribution in [0.4, 0.5) is 11.8 Å². The molecular weight excluding hydrogens is 274 g/mol. The van der Waals surface area contributed by atoms with Crippen molar-refractivity contribution in [2.75, 3.05) is 29.9 Å². The summed E-state index contributed by atoms with van der Waals surface area (Å²) in [6, 6.07) is 0. The number of piperidine rings is 1. The minimum absolute atomic E-state index is 0.715. The first kappa shape index (κ1) is 15.3. The molecule has 2 aliphatic rings. The molecule has 0 radical (unpaired) electrons. The Morgan fingerprint density at radius 1 is 1.32 bits per heavy atom. The zero-order valence-electron chi connectivity index (χ0n) is 13.6. The molecule has 0 amide bonds. The van der Waals surface area contributed by atoms with Crippen LogP contribution in [0.3, 0.4) is 0 Å². The van der Waals surface area contributed by atoms with Gasteiger partial charge in [0.15, 0.2) is 5.82 Å². The Labute approximate surface area is 133 Å². The Kier molecular flexibility index (Phi) is 5.24. The van der Waals surface area contributed by atoms with Gasteiger partial charge in [0.2, 0.25) is 5.95 Å². The summed E-state index contributed by atoms with van der Waals surface area (Å²) in [6.07, 6.45) is 13.0. The molecule has 1 atom stereocenters. The fourth-order valence-corrected chi connectivity index (χ4v) is 3.37. The maximum absolute atomic E-state index is 4.64. The highest BCUT2D eigenvalue weighted by Gasteiger charge is 2.19. The van der Waals surface area contributed by atoms with Crippen LogP contribution in [0.25, 0.3) is 0 Å². The van der Waals surface area contributed by atoms with Crippen molar-refractivity contribution >= 4 is 11.8 Å². The number of aromatic nitrogens is 3. The van der Waals surface area contributed by atoms with E-state index in [0.29, 0.717) is 5.92 Å². The molecule has 5 heteroatoms. The van der Waals surface area contributed by atoms with Gasteiger partial charge in [-0.1, -0.05) is 18.6 Å². The van der Waals surface area contributed by atoms with Crippen molar-refractivity contribution in [2.45, 2.75) is 51.9 Å². The predicted octanol–water partition coefficient (Wildman–Crippen LogP) is 3.41. The maximum atomic E-state index is 4.64. The van der Waals surface area contributed by atoms with Crippen molar-refractivity contribution in [2.24, 2.45) is 5.92 Å². The molecular formula is C17H27N5. The zero-order valence-corrected chi connectivity index (χ0v) is 13.6. The van der Waals surface area contributed by atoms with E-state index in [-0.39, 0.29) is 0 Å². The van der Waals surface area contributed by atoms with E-state index in [0.717, 1.165) is 37.8 Å². The van der Waals surface area contributed by atoms with Crippen molar-refractivity contribution in [3.8, 4) is 0 Å². The van der Waals surface area contributed by atoms with Crippen LogP contribution >= 0.6 is 0 Å². The van der Waals surface area contributed by atoms with Crippen LogP contribution in [0.15, 0.2) is 17.8 Å². The van der Waals surface area contributed by atoms with Crippen molar-refractivity contribution in [1.82, 2.24) is 15.2 Å². The Bertz CT molecular complexity index is 514. The number of hydrogen-bond acceptors (Lipinski definition) is 5. The summed E-state index contributed by atoms with van der Waals surface area (Å²) in [6.45, 7) is 5.31. The minimum atomic E-state index is 0.715. The van der Waals surface area contributed by atoms with Crippen LogP contribution in [-0.4, -0.2) is 34.8 Å². The van der Waals surface area contributed by atoms with Crippen molar-refractivity contribution in [3.63, 3.8) is 0 Å². The molecule has 0 spiro atoms. The summed E-state index contributed by atoms with van der Waals surface area (Å²) >= 11 is 0. The largest absolute Gasteiger partial charge is 0.368 e. The van der Waals surface area contributed by atoms with Crippen LogP contribution in [0.5, 0.6) is 0 Å². The summed E-state index contributed by atoms with van der Waals surface area (Å²) in [7, 11) is 0. The monoisotopic (exact) mass is 301 g/mol. The number of rotatable bonds is 5. The molecule has 1 aliphatic carbocycles. The third-order valence-electron chi connectivity index (χ3n) is 4.62. The second-order valence-electron chi connectivity index (χ2n) is 6.62. The molecule has 0 aromatic carbocycles. The molecule has 0 saturated carbocycles. The number of anilines is 2. The lowest BCUT2D eigenvalue weighted by atomic mass is 9.97. The quantitative estimate of drug-likeness (QED) is 0.845. The van der Waals surface area contributed by atoms with E-state index in [4.69, 9.17) is 0 Å². The summed E-state index contributed by atoms with van der Waals surface area (Å²) in [5.41, 5.74) is 1.59. The first-order valence-corrected chi connectivity index (χ1v) is 8.68. The number of allylic oxidation sites excluding steroid dienone is 1. The van der Waals surface area contributed by atoms with Crippen LogP contribution < -0.4 is 10.2 Å². The van der Waals surface area contributed by atoms with E-state index in [9.17, 15) is 0 Å². The van der Waals surface area contributed by atoms with Gasteiger partial charge in [-0.15, -0.1) is 5.10 Å².